The van der Waals surface area contributed by atoms with Gasteiger partial charge in [-0.1, -0.05) is 6.07 Å². The average molecular weight is 364 g/mol. The third-order valence-electron chi connectivity index (χ3n) is 3.33. The van der Waals surface area contributed by atoms with Crippen LogP contribution in [0.2, 0.25) is 0 Å². The van der Waals surface area contributed by atoms with Crippen LogP contribution in [0, 0.1) is 17.0 Å². The zero-order chi connectivity index (χ0) is 18.4. The molecule has 2 aromatic rings. The lowest BCUT2D eigenvalue weighted by Crippen LogP contribution is -2.34. The fraction of sp³-hybridized carbons (Fsp3) is 0.200. The van der Waals surface area contributed by atoms with E-state index in [1.54, 1.807) is 0 Å². The molecule has 0 radical (unpaired) electrons. The number of nitrogens with one attached hydrogen (secondary N) is 2. The van der Waals surface area contributed by atoms with Crippen LogP contribution in [0.25, 0.3) is 0 Å². The number of amides is 1. The van der Waals surface area contributed by atoms with Gasteiger partial charge in [-0.25, -0.2) is 13.1 Å². The maximum absolute atomic E-state index is 12.2. The van der Waals surface area contributed by atoms with Crippen LogP contribution in [0.1, 0.15) is 15.9 Å². The summed E-state index contributed by atoms with van der Waals surface area (Å²) in [6.45, 7) is 1.53. The molecule has 2 rings (SSSR count). The number of benzene rings is 1. The first kappa shape index (κ1) is 18.5. The smallest absolute Gasteiger partial charge is 0.273 e. The number of sulfonamides is 1. The van der Waals surface area contributed by atoms with E-state index in [9.17, 15) is 23.3 Å². The standard InChI is InChI=1S/C15H16N4O5S/c1-11-2-3-13(10-14(11)19(21)22)25(23,24)18-9-8-17-15(20)12-4-6-16-7-5-12/h2-7,10,18H,8-9H2,1H3,(H,17,20). The van der Waals surface area contributed by atoms with Crippen LogP contribution in [-0.2, 0) is 10.0 Å². The number of aryl methyl sites for hydroxylation is 1. The zero-order valence-electron chi connectivity index (χ0n) is 13.3. The lowest BCUT2D eigenvalue weighted by atomic mass is 10.2. The van der Waals surface area contributed by atoms with Crippen molar-refractivity contribution in [3.05, 3.63) is 64.0 Å². The molecule has 132 valence electrons. The molecule has 0 aliphatic heterocycles. The normalized spacial score (nSPS) is 11.1. The number of pyridine rings is 1. The van der Waals surface area contributed by atoms with E-state index in [2.05, 4.69) is 15.0 Å². The van der Waals surface area contributed by atoms with Gasteiger partial charge < -0.3 is 5.32 Å². The Morgan fingerprint density at radius 3 is 2.52 bits per heavy atom. The van der Waals surface area contributed by atoms with Gasteiger partial charge in [-0.05, 0) is 25.1 Å². The van der Waals surface area contributed by atoms with E-state index >= 15 is 0 Å². The van der Waals surface area contributed by atoms with Crippen molar-refractivity contribution in [1.82, 2.24) is 15.0 Å². The highest BCUT2D eigenvalue weighted by molar-refractivity contribution is 7.89. The predicted molar refractivity (Wildman–Crippen MR) is 89.6 cm³/mol. The van der Waals surface area contributed by atoms with Crippen molar-refractivity contribution in [3.63, 3.8) is 0 Å². The highest BCUT2D eigenvalue weighted by atomic mass is 32.2. The number of nitrogens with zero attached hydrogens (tertiary/aromatic N) is 2. The minimum absolute atomic E-state index is 0.0547. The molecule has 0 bridgehead atoms. The monoisotopic (exact) mass is 364 g/mol. The molecule has 9 nitrogen and oxygen atoms in total. The van der Waals surface area contributed by atoms with E-state index in [1.165, 1.54) is 43.6 Å². The minimum atomic E-state index is -3.91. The maximum atomic E-state index is 12.2. The summed E-state index contributed by atoms with van der Waals surface area (Å²) in [5.74, 6) is -0.354. The summed E-state index contributed by atoms with van der Waals surface area (Å²) >= 11 is 0. The summed E-state index contributed by atoms with van der Waals surface area (Å²) < 4.78 is 26.6. The topological polar surface area (TPSA) is 131 Å². The van der Waals surface area contributed by atoms with Crippen LogP contribution in [0.3, 0.4) is 0 Å². The molecule has 10 heteroatoms. The molecule has 0 spiro atoms. The number of nitro groups is 1. The van der Waals surface area contributed by atoms with E-state index in [1.807, 2.05) is 0 Å². The average Bonchev–Trinajstić information content (AvgIpc) is 2.59. The van der Waals surface area contributed by atoms with Gasteiger partial charge in [-0.2, -0.15) is 0 Å². The second-order valence-electron chi connectivity index (χ2n) is 5.09. The van der Waals surface area contributed by atoms with Gasteiger partial charge in [0.15, 0.2) is 0 Å². The van der Waals surface area contributed by atoms with Gasteiger partial charge >= 0.3 is 0 Å². The number of nitro benzene ring substituents is 1. The summed E-state index contributed by atoms with van der Waals surface area (Å²) in [5, 5.41) is 13.5. The molecule has 0 saturated carbocycles. The lowest BCUT2D eigenvalue weighted by molar-refractivity contribution is -0.385. The van der Waals surface area contributed by atoms with E-state index < -0.39 is 14.9 Å². The van der Waals surface area contributed by atoms with Gasteiger partial charge in [0.25, 0.3) is 11.6 Å². The molecule has 1 aromatic carbocycles. The molecular formula is C15H16N4O5S. The third kappa shape index (κ3) is 4.81. The number of carbonyl (C=O) groups excluding carboxylic acids is 1. The number of rotatable bonds is 7. The fourth-order valence-corrected chi connectivity index (χ4v) is 3.05. The maximum Gasteiger partial charge on any atom is 0.273 e. The molecule has 0 atom stereocenters. The van der Waals surface area contributed by atoms with Gasteiger partial charge in [0.1, 0.15) is 0 Å². The molecule has 1 heterocycles. The molecule has 0 aliphatic carbocycles. The Morgan fingerprint density at radius 2 is 1.88 bits per heavy atom. The Bertz CT molecular complexity index is 884. The Morgan fingerprint density at radius 1 is 1.20 bits per heavy atom. The first-order valence-corrected chi connectivity index (χ1v) is 8.72. The summed E-state index contributed by atoms with van der Waals surface area (Å²) in [4.78, 5) is 25.7. The number of aromatic nitrogens is 1. The number of carbonyl (C=O) groups is 1. The molecule has 0 unspecified atom stereocenters. The first-order valence-electron chi connectivity index (χ1n) is 7.24. The van der Waals surface area contributed by atoms with Crippen molar-refractivity contribution in [2.75, 3.05) is 13.1 Å². The van der Waals surface area contributed by atoms with Crippen LogP contribution in [0.4, 0.5) is 5.69 Å². The van der Waals surface area contributed by atoms with Gasteiger partial charge in [0.2, 0.25) is 10.0 Å². The largest absolute Gasteiger partial charge is 0.351 e. The SMILES string of the molecule is Cc1ccc(S(=O)(=O)NCCNC(=O)c2ccncc2)cc1[N+](=O)[O-]. The first-order chi connectivity index (χ1) is 11.8. The molecule has 0 saturated heterocycles. The summed E-state index contributed by atoms with van der Waals surface area (Å²) in [6, 6.07) is 6.74. The van der Waals surface area contributed by atoms with E-state index in [-0.39, 0.29) is 29.6 Å². The fourth-order valence-electron chi connectivity index (χ4n) is 2.00. The third-order valence-corrected chi connectivity index (χ3v) is 4.79. The molecule has 25 heavy (non-hydrogen) atoms. The number of hydrogen-bond donors (Lipinski definition) is 2. The van der Waals surface area contributed by atoms with E-state index in [0.29, 0.717) is 11.1 Å². The predicted octanol–water partition coefficient (Wildman–Crippen LogP) is 1.01. The van der Waals surface area contributed by atoms with Crippen LogP contribution in [0.5, 0.6) is 0 Å². The van der Waals surface area contributed by atoms with E-state index in [0.717, 1.165) is 6.07 Å². The Labute approximate surface area is 144 Å². The zero-order valence-corrected chi connectivity index (χ0v) is 14.1. The summed E-state index contributed by atoms with van der Waals surface area (Å²) in [5.41, 5.74) is 0.509. The highest BCUT2D eigenvalue weighted by Crippen LogP contribution is 2.21. The van der Waals surface area contributed by atoms with Crippen molar-refractivity contribution in [1.29, 1.82) is 0 Å². The van der Waals surface area contributed by atoms with Crippen molar-refractivity contribution < 1.29 is 18.1 Å². The van der Waals surface area contributed by atoms with Crippen LogP contribution in [0.15, 0.2) is 47.6 Å². The van der Waals surface area contributed by atoms with Gasteiger partial charge in [0, 0.05) is 42.7 Å². The van der Waals surface area contributed by atoms with Crippen molar-refractivity contribution >= 4 is 21.6 Å². The summed E-state index contributed by atoms with van der Waals surface area (Å²) in [6.07, 6.45) is 2.95. The number of hydrogen-bond acceptors (Lipinski definition) is 6. The summed E-state index contributed by atoms with van der Waals surface area (Å²) in [7, 11) is -3.91. The van der Waals surface area contributed by atoms with Gasteiger partial charge in [0.05, 0.1) is 9.82 Å². The van der Waals surface area contributed by atoms with Crippen LogP contribution in [-0.4, -0.2) is 37.3 Å². The Hall–Kier alpha value is -2.85. The second-order valence-corrected chi connectivity index (χ2v) is 6.86. The van der Waals surface area contributed by atoms with Crippen LogP contribution < -0.4 is 10.0 Å². The van der Waals surface area contributed by atoms with Gasteiger partial charge in [-0.3, -0.25) is 19.9 Å². The molecule has 0 aliphatic rings. The quantitative estimate of drug-likeness (QED) is 0.428. The van der Waals surface area contributed by atoms with Crippen molar-refractivity contribution in [3.8, 4) is 0 Å². The molecule has 1 amide bonds. The van der Waals surface area contributed by atoms with Crippen molar-refractivity contribution in [2.24, 2.45) is 0 Å². The Kier molecular flexibility index (Phi) is 5.78. The molecule has 1 aromatic heterocycles. The lowest BCUT2D eigenvalue weighted by Gasteiger charge is -2.08. The van der Waals surface area contributed by atoms with Crippen LogP contribution >= 0.6 is 0 Å². The highest BCUT2D eigenvalue weighted by Gasteiger charge is 2.19. The minimum Gasteiger partial charge on any atom is -0.351 e. The van der Waals surface area contributed by atoms with E-state index in [4.69, 9.17) is 0 Å². The second kappa shape index (κ2) is 7.81. The molecule has 0 fully saturated rings. The van der Waals surface area contributed by atoms with Crippen molar-refractivity contribution in [2.45, 2.75) is 11.8 Å². The molecular weight excluding hydrogens is 348 g/mol. The Balaban J connectivity index is 1.95. The van der Waals surface area contributed by atoms with Gasteiger partial charge in [-0.15, -0.1) is 0 Å². The molecule has 2 N–H and O–H groups in total.